The fourth-order valence-corrected chi connectivity index (χ4v) is 2.90. The van der Waals surface area contributed by atoms with Crippen molar-refractivity contribution in [3.05, 3.63) is 59.2 Å². The highest BCUT2D eigenvalue weighted by Gasteiger charge is 2.10. The molecule has 1 heterocycles. The Hall–Kier alpha value is -2.46. The third kappa shape index (κ3) is 3.39. The van der Waals surface area contributed by atoms with E-state index < -0.39 is 0 Å². The largest absolute Gasteiger partial charge is 0.495 e. The van der Waals surface area contributed by atoms with Crippen LogP contribution >= 0.6 is 11.6 Å². The average molecular weight is 343 g/mol. The zero-order valence-corrected chi connectivity index (χ0v) is 14.4. The van der Waals surface area contributed by atoms with Gasteiger partial charge < -0.3 is 14.6 Å². The Morgan fingerprint density at radius 3 is 2.79 bits per heavy atom. The van der Waals surface area contributed by atoms with Gasteiger partial charge in [0.2, 0.25) is 5.91 Å². The maximum atomic E-state index is 12.4. The molecule has 2 aromatic carbocycles. The van der Waals surface area contributed by atoms with Crippen molar-refractivity contribution in [3.8, 4) is 5.75 Å². The number of hydrogen-bond donors (Lipinski definition) is 1. The predicted molar refractivity (Wildman–Crippen MR) is 97.9 cm³/mol. The van der Waals surface area contributed by atoms with Gasteiger partial charge in [-0.2, -0.15) is 0 Å². The number of amides is 1. The van der Waals surface area contributed by atoms with Crippen molar-refractivity contribution in [2.24, 2.45) is 0 Å². The number of halogens is 1. The van der Waals surface area contributed by atoms with E-state index in [1.807, 2.05) is 16.8 Å². The molecule has 0 saturated heterocycles. The Kier molecular flexibility index (Phi) is 4.76. The van der Waals surface area contributed by atoms with Gasteiger partial charge in [-0.05, 0) is 53.8 Å². The minimum absolute atomic E-state index is 0.132. The smallest absolute Gasteiger partial charge is 0.244 e. The standard InChI is InChI=1S/C19H19ClN2O2/c1-3-13-4-6-17-14(10-13)8-9-22(17)12-19(23)21-16-11-15(20)5-7-18(16)24-2/h4-11H,3,12H2,1-2H3,(H,21,23). The molecule has 4 nitrogen and oxygen atoms in total. The van der Waals surface area contributed by atoms with Crippen molar-refractivity contribution in [1.82, 2.24) is 4.57 Å². The monoisotopic (exact) mass is 342 g/mol. The minimum Gasteiger partial charge on any atom is -0.495 e. The van der Waals surface area contributed by atoms with Crippen molar-refractivity contribution < 1.29 is 9.53 Å². The lowest BCUT2D eigenvalue weighted by molar-refractivity contribution is -0.116. The number of hydrogen-bond acceptors (Lipinski definition) is 2. The van der Waals surface area contributed by atoms with E-state index in [9.17, 15) is 4.79 Å². The summed E-state index contributed by atoms with van der Waals surface area (Å²) in [7, 11) is 1.56. The minimum atomic E-state index is -0.132. The molecule has 1 amide bonds. The van der Waals surface area contributed by atoms with Gasteiger partial charge in [-0.25, -0.2) is 0 Å². The van der Waals surface area contributed by atoms with Crippen LogP contribution in [-0.2, 0) is 17.8 Å². The molecule has 3 aromatic rings. The summed E-state index contributed by atoms with van der Waals surface area (Å²) in [5.41, 5.74) is 2.90. The summed E-state index contributed by atoms with van der Waals surface area (Å²) in [5, 5.41) is 4.55. The van der Waals surface area contributed by atoms with E-state index >= 15 is 0 Å². The van der Waals surface area contributed by atoms with Gasteiger partial charge in [-0.1, -0.05) is 24.6 Å². The molecule has 5 heteroatoms. The zero-order chi connectivity index (χ0) is 17.1. The molecule has 0 bridgehead atoms. The Bertz CT molecular complexity index is 886. The van der Waals surface area contributed by atoms with Gasteiger partial charge in [0.25, 0.3) is 0 Å². The van der Waals surface area contributed by atoms with Gasteiger partial charge in [0.05, 0.1) is 12.8 Å². The van der Waals surface area contributed by atoms with Crippen LogP contribution in [-0.4, -0.2) is 17.6 Å². The number of ether oxygens (including phenoxy) is 1. The highest BCUT2D eigenvalue weighted by Crippen LogP contribution is 2.27. The van der Waals surface area contributed by atoms with Gasteiger partial charge in [0, 0.05) is 16.7 Å². The maximum Gasteiger partial charge on any atom is 0.244 e. The van der Waals surface area contributed by atoms with Crippen LogP contribution in [0.4, 0.5) is 5.69 Å². The number of nitrogens with one attached hydrogen (secondary N) is 1. The predicted octanol–water partition coefficient (Wildman–Crippen LogP) is 4.50. The summed E-state index contributed by atoms with van der Waals surface area (Å²) in [6, 6.07) is 13.5. The second-order valence-electron chi connectivity index (χ2n) is 5.58. The van der Waals surface area contributed by atoms with Gasteiger partial charge in [-0.3, -0.25) is 4.79 Å². The van der Waals surface area contributed by atoms with E-state index in [4.69, 9.17) is 16.3 Å². The number of carbonyl (C=O) groups is 1. The molecule has 0 atom stereocenters. The lowest BCUT2D eigenvalue weighted by Gasteiger charge is -2.11. The molecule has 0 aliphatic rings. The number of fused-ring (bicyclic) bond motifs is 1. The Labute approximate surface area is 146 Å². The molecule has 0 aliphatic heterocycles. The van der Waals surface area contributed by atoms with Gasteiger partial charge in [0.1, 0.15) is 12.3 Å². The lowest BCUT2D eigenvalue weighted by atomic mass is 10.1. The number of nitrogens with zero attached hydrogens (tertiary/aromatic N) is 1. The number of rotatable bonds is 5. The molecule has 0 radical (unpaired) electrons. The van der Waals surface area contributed by atoms with E-state index in [0.29, 0.717) is 16.5 Å². The highest BCUT2D eigenvalue weighted by molar-refractivity contribution is 6.31. The summed E-state index contributed by atoms with van der Waals surface area (Å²) in [5.74, 6) is 0.449. The molecule has 0 aliphatic carbocycles. The van der Waals surface area contributed by atoms with E-state index in [0.717, 1.165) is 17.3 Å². The SMILES string of the molecule is CCc1ccc2c(ccn2CC(=O)Nc2cc(Cl)ccc2OC)c1. The van der Waals surface area contributed by atoms with E-state index in [1.54, 1.807) is 25.3 Å². The van der Waals surface area contributed by atoms with Crippen LogP contribution in [0.15, 0.2) is 48.7 Å². The van der Waals surface area contributed by atoms with Crippen LogP contribution in [0.3, 0.4) is 0 Å². The number of aryl methyl sites for hydroxylation is 1. The number of carbonyl (C=O) groups excluding carboxylic acids is 1. The van der Waals surface area contributed by atoms with E-state index in [1.165, 1.54) is 5.56 Å². The number of aromatic nitrogens is 1. The fraction of sp³-hybridized carbons (Fsp3) is 0.211. The fourth-order valence-electron chi connectivity index (χ4n) is 2.73. The Morgan fingerprint density at radius 1 is 1.21 bits per heavy atom. The maximum absolute atomic E-state index is 12.4. The Morgan fingerprint density at radius 2 is 2.04 bits per heavy atom. The molecule has 24 heavy (non-hydrogen) atoms. The van der Waals surface area contributed by atoms with Crippen molar-refractivity contribution >= 4 is 34.1 Å². The van der Waals surface area contributed by atoms with Crippen molar-refractivity contribution in [3.63, 3.8) is 0 Å². The van der Waals surface area contributed by atoms with Crippen LogP contribution in [0.2, 0.25) is 5.02 Å². The van der Waals surface area contributed by atoms with Gasteiger partial charge in [0.15, 0.2) is 0 Å². The molecule has 124 valence electrons. The second-order valence-corrected chi connectivity index (χ2v) is 6.02. The molecule has 0 spiro atoms. The first-order chi connectivity index (χ1) is 11.6. The van der Waals surface area contributed by atoms with Crippen LogP contribution < -0.4 is 10.1 Å². The molecule has 1 aromatic heterocycles. The van der Waals surface area contributed by atoms with Crippen LogP contribution in [0.5, 0.6) is 5.75 Å². The number of anilines is 1. The van der Waals surface area contributed by atoms with E-state index in [-0.39, 0.29) is 12.5 Å². The summed E-state index contributed by atoms with van der Waals surface area (Å²) in [6.07, 6.45) is 2.93. The summed E-state index contributed by atoms with van der Waals surface area (Å²) in [4.78, 5) is 12.4. The van der Waals surface area contributed by atoms with Crippen LogP contribution in [0, 0.1) is 0 Å². The summed E-state index contributed by atoms with van der Waals surface area (Å²) < 4.78 is 7.18. The molecule has 3 rings (SSSR count). The normalized spacial score (nSPS) is 10.8. The lowest BCUT2D eigenvalue weighted by Crippen LogP contribution is -2.18. The average Bonchev–Trinajstić information content (AvgIpc) is 2.97. The topological polar surface area (TPSA) is 43.3 Å². The van der Waals surface area contributed by atoms with Crippen molar-refractivity contribution in [2.45, 2.75) is 19.9 Å². The van der Waals surface area contributed by atoms with Crippen molar-refractivity contribution in [2.75, 3.05) is 12.4 Å². The quantitative estimate of drug-likeness (QED) is 0.741. The first kappa shape index (κ1) is 16.4. The molecule has 0 fully saturated rings. The van der Waals surface area contributed by atoms with Crippen LogP contribution in [0.25, 0.3) is 10.9 Å². The molecule has 0 saturated carbocycles. The molecule has 1 N–H and O–H groups in total. The van der Waals surface area contributed by atoms with E-state index in [2.05, 4.69) is 30.4 Å². The molecule has 0 unspecified atom stereocenters. The first-order valence-corrected chi connectivity index (χ1v) is 8.19. The van der Waals surface area contributed by atoms with Crippen molar-refractivity contribution in [1.29, 1.82) is 0 Å². The number of methoxy groups -OCH3 is 1. The second kappa shape index (κ2) is 6.97. The molecular weight excluding hydrogens is 324 g/mol. The summed E-state index contributed by atoms with van der Waals surface area (Å²) in [6.45, 7) is 2.36. The first-order valence-electron chi connectivity index (χ1n) is 7.82. The number of benzene rings is 2. The zero-order valence-electron chi connectivity index (χ0n) is 13.7. The Balaban J connectivity index is 1.79. The third-order valence-electron chi connectivity index (χ3n) is 3.99. The van der Waals surface area contributed by atoms with Gasteiger partial charge >= 0.3 is 0 Å². The molecular formula is C19H19ClN2O2. The van der Waals surface area contributed by atoms with Crippen LogP contribution in [0.1, 0.15) is 12.5 Å². The highest BCUT2D eigenvalue weighted by atomic mass is 35.5. The van der Waals surface area contributed by atoms with Gasteiger partial charge in [-0.15, -0.1) is 0 Å². The third-order valence-corrected chi connectivity index (χ3v) is 4.23. The summed E-state index contributed by atoms with van der Waals surface area (Å²) >= 11 is 5.99.